The van der Waals surface area contributed by atoms with Gasteiger partial charge >= 0.3 is 5.97 Å². The second kappa shape index (κ2) is 10.6. The van der Waals surface area contributed by atoms with Gasteiger partial charge in [0, 0.05) is 11.9 Å². The summed E-state index contributed by atoms with van der Waals surface area (Å²) in [6.45, 7) is 6.18. The van der Waals surface area contributed by atoms with Gasteiger partial charge in [0.25, 0.3) is 0 Å². The summed E-state index contributed by atoms with van der Waals surface area (Å²) >= 11 is 2.65. The molecule has 32 heavy (non-hydrogen) atoms. The maximum absolute atomic E-state index is 12.6. The van der Waals surface area contributed by atoms with Crippen molar-refractivity contribution >= 4 is 40.0 Å². The van der Waals surface area contributed by atoms with E-state index in [1.165, 1.54) is 30.2 Å². The Kier molecular flexibility index (Phi) is 7.92. The van der Waals surface area contributed by atoms with Crippen molar-refractivity contribution in [1.82, 2.24) is 14.8 Å². The van der Waals surface area contributed by atoms with E-state index in [1.807, 2.05) is 52.1 Å². The van der Waals surface area contributed by atoms with Crippen LogP contribution in [0.15, 0.2) is 29.4 Å². The molecule has 3 aromatic rings. The van der Waals surface area contributed by atoms with Crippen molar-refractivity contribution < 1.29 is 19.1 Å². The van der Waals surface area contributed by atoms with Crippen molar-refractivity contribution in [2.24, 2.45) is 7.05 Å². The van der Waals surface area contributed by atoms with Gasteiger partial charge in [-0.05, 0) is 43.5 Å². The molecule has 1 amide bonds. The van der Waals surface area contributed by atoms with Crippen LogP contribution in [0.5, 0.6) is 5.75 Å². The van der Waals surface area contributed by atoms with Crippen LogP contribution in [0.4, 0.5) is 5.00 Å². The van der Waals surface area contributed by atoms with E-state index in [9.17, 15) is 9.59 Å². The highest BCUT2D eigenvalue weighted by Crippen LogP contribution is 2.34. The van der Waals surface area contributed by atoms with Crippen molar-refractivity contribution in [1.29, 1.82) is 0 Å². The molecule has 1 aromatic carbocycles. The lowest BCUT2D eigenvalue weighted by atomic mass is 10.1. The average Bonchev–Trinajstić information content (AvgIpc) is 3.28. The standard InChI is InChI=1S/C22H26N4O4S2/c1-6-16-14(3)32-20(19(16)21(28)29-5)23-18(27)12-31-22-25-24-17(26(22)4)11-30-15-9-7-8-13(2)10-15/h7-10H,6,11-12H2,1-5H3,(H,23,27). The third-order valence-corrected chi connectivity index (χ3v) is 6.90. The predicted octanol–water partition coefficient (Wildman–Crippen LogP) is 4.15. The Morgan fingerprint density at radius 2 is 2.03 bits per heavy atom. The molecule has 0 saturated heterocycles. The molecule has 0 fully saturated rings. The van der Waals surface area contributed by atoms with Gasteiger partial charge in [-0.1, -0.05) is 30.8 Å². The molecule has 0 atom stereocenters. The second-order valence-corrected chi connectivity index (χ2v) is 9.25. The van der Waals surface area contributed by atoms with Gasteiger partial charge in [-0.2, -0.15) is 0 Å². The number of esters is 1. The number of aromatic nitrogens is 3. The third kappa shape index (κ3) is 5.49. The first-order valence-corrected chi connectivity index (χ1v) is 11.8. The first-order chi connectivity index (χ1) is 15.3. The Bertz CT molecular complexity index is 1120. The fourth-order valence-electron chi connectivity index (χ4n) is 3.15. The Labute approximate surface area is 195 Å². The number of benzene rings is 1. The topological polar surface area (TPSA) is 95.3 Å². The third-order valence-electron chi connectivity index (χ3n) is 4.82. The zero-order valence-corrected chi connectivity index (χ0v) is 20.4. The van der Waals surface area contributed by atoms with Crippen molar-refractivity contribution in [3.8, 4) is 5.75 Å². The number of nitrogens with zero attached hydrogens (tertiary/aromatic N) is 3. The van der Waals surface area contributed by atoms with Crippen LogP contribution >= 0.6 is 23.1 Å². The molecular weight excluding hydrogens is 448 g/mol. The van der Waals surface area contributed by atoms with Crippen LogP contribution in [0.25, 0.3) is 0 Å². The summed E-state index contributed by atoms with van der Waals surface area (Å²) in [5.74, 6) is 0.874. The van der Waals surface area contributed by atoms with Crippen molar-refractivity contribution in [2.45, 2.75) is 39.0 Å². The molecule has 0 bridgehead atoms. The van der Waals surface area contributed by atoms with Gasteiger partial charge in [0.15, 0.2) is 11.0 Å². The van der Waals surface area contributed by atoms with E-state index >= 15 is 0 Å². The molecule has 0 aliphatic heterocycles. The lowest BCUT2D eigenvalue weighted by molar-refractivity contribution is -0.113. The smallest absolute Gasteiger partial charge is 0.341 e. The van der Waals surface area contributed by atoms with Crippen LogP contribution in [0.1, 0.15) is 39.1 Å². The molecule has 0 radical (unpaired) electrons. The number of methoxy groups -OCH3 is 1. The second-order valence-electron chi connectivity index (χ2n) is 7.09. The molecular formula is C22H26N4O4S2. The monoisotopic (exact) mass is 474 g/mol. The van der Waals surface area contributed by atoms with E-state index in [-0.39, 0.29) is 18.3 Å². The molecule has 10 heteroatoms. The van der Waals surface area contributed by atoms with Gasteiger partial charge in [0.2, 0.25) is 5.91 Å². The fourth-order valence-corrected chi connectivity index (χ4v) is 5.03. The van der Waals surface area contributed by atoms with Gasteiger partial charge in [-0.25, -0.2) is 4.79 Å². The van der Waals surface area contributed by atoms with Crippen molar-refractivity contribution in [2.75, 3.05) is 18.2 Å². The summed E-state index contributed by atoms with van der Waals surface area (Å²) in [6.07, 6.45) is 0.684. The minimum absolute atomic E-state index is 0.129. The van der Waals surface area contributed by atoms with Gasteiger partial charge < -0.3 is 19.4 Å². The number of thiophene rings is 1. The Balaban J connectivity index is 1.61. The number of amides is 1. The Morgan fingerprint density at radius 1 is 1.25 bits per heavy atom. The summed E-state index contributed by atoms with van der Waals surface area (Å²) in [5.41, 5.74) is 2.45. The molecule has 0 saturated carbocycles. The predicted molar refractivity (Wildman–Crippen MR) is 126 cm³/mol. The van der Waals surface area contributed by atoms with E-state index in [1.54, 1.807) is 4.57 Å². The number of aryl methyl sites for hydroxylation is 2. The maximum Gasteiger partial charge on any atom is 0.341 e. The van der Waals surface area contributed by atoms with Crippen LogP contribution in [-0.4, -0.2) is 39.5 Å². The maximum atomic E-state index is 12.6. The Morgan fingerprint density at radius 3 is 2.72 bits per heavy atom. The quantitative estimate of drug-likeness (QED) is 0.368. The first-order valence-electron chi connectivity index (χ1n) is 10.0. The van der Waals surface area contributed by atoms with Gasteiger partial charge in [-0.15, -0.1) is 21.5 Å². The molecule has 2 heterocycles. The van der Waals surface area contributed by atoms with Crippen LogP contribution in [-0.2, 0) is 29.6 Å². The van der Waals surface area contributed by atoms with Crippen molar-refractivity contribution in [3.63, 3.8) is 0 Å². The summed E-state index contributed by atoms with van der Waals surface area (Å²) < 4.78 is 12.5. The first kappa shape index (κ1) is 23.8. The largest absolute Gasteiger partial charge is 0.486 e. The SMILES string of the molecule is CCc1c(C)sc(NC(=O)CSc2nnc(COc3cccc(C)c3)n2C)c1C(=O)OC. The number of carbonyl (C=O) groups is 2. The van der Waals surface area contributed by atoms with Gasteiger partial charge in [0.05, 0.1) is 18.4 Å². The number of hydrogen-bond acceptors (Lipinski definition) is 8. The lowest BCUT2D eigenvalue weighted by Crippen LogP contribution is -2.16. The number of carbonyl (C=O) groups excluding carboxylic acids is 2. The number of rotatable bonds is 9. The molecule has 0 spiro atoms. The molecule has 2 aromatic heterocycles. The summed E-state index contributed by atoms with van der Waals surface area (Å²) in [7, 11) is 3.17. The van der Waals surface area contributed by atoms with Crippen LogP contribution in [0.2, 0.25) is 0 Å². The van der Waals surface area contributed by atoms with E-state index in [4.69, 9.17) is 9.47 Å². The van der Waals surface area contributed by atoms with E-state index < -0.39 is 5.97 Å². The summed E-state index contributed by atoms with van der Waals surface area (Å²) in [4.78, 5) is 25.8. The molecule has 1 N–H and O–H groups in total. The van der Waals surface area contributed by atoms with Crippen LogP contribution < -0.4 is 10.1 Å². The number of anilines is 1. The number of thioether (sulfide) groups is 1. The molecule has 8 nitrogen and oxygen atoms in total. The molecule has 0 aliphatic carbocycles. The van der Waals surface area contributed by atoms with Gasteiger partial charge in [-0.3, -0.25) is 4.79 Å². The van der Waals surface area contributed by atoms with E-state index in [2.05, 4.69) is 15.5 Å². The van der Waals surface area contributed by atoms with Crippen LogP contribution in [0.3, 0.4) is 0 Å². The number of nitrogens with one attached hydrogen (secondary N) is 1. The molecule has 0 unspecified atom stereocenters. The zero-order chi connectivity index (χ0) is 23.3. The van der Waals surface area contributed by atoms with Gasteiger partial charge in [0.1, 0.15) is 17.4 Å². The molecule has 0 aliphatic rings. The highest BCUT2D eigenvalue weighted by Gasteiger charge is 2.23. The normalized spacial score (nSPS) is 10.8. The fraction of sp³-hybridized carbons (Fsp3) is 0.364. The Hall–Kier alpha value is -2.85. The summed E-state index contributed by atoms with van der Waals surface area (Å²) in [6, 6.07) is 7.78. The van der Waals surface area contributed by atoms with E-state index in [0.717, 1.165) is 21.8 Å². The zero-order valence-electron chi connectivity index (χ0n) is 18.7. The van der Waals surface area contributed by atoms with Crippen molar-refractivity contribution in [3.05, 3.63) is 51.7 Å². The van der Waals surface area contributed by atoms with E-state index in [0.29, 0.717) is 28.0 Å². The molecule has 3 rings (SSSR count). The summed E-state index contributed by atoms with van der Waals surface area (Å²) in [5, 5.41) is 12.3. The van der Waals surface area contributed by atoms with Crippen LogP contribution in [0, 0.1) is 13.8 Å². The molecule has 170 valence electrons. The number of ether oxygens (including phenoxy) is 2. The lowest BCUT2D eigenvalue weighted by Gasteiger charge is -2.08. The highest BCUT2D eigenvalue weighted by atomic mass is 32.2. The number of hydrogen-bond donors (Lipinski definition) is 1. The minimum Gasteiger partial charge on any atom is -0.486 e. The minimum atomic E-state index is -0.444. The average molecular weight is 475 g/mol. The highest BCUT2D eigenvalue weighted by molar-refractivity contribution is 7.99.